The first kappa shape index (κ1) is 10.2. The molecule has 0 atom stereocenters. The summed E-state index contributed by atoms with van der Waals surface area (Å²) in [6.45, 7) is 0. The third-order valence-electron chi connectivity index (χ3n) is 1.48. The van der Waals surface area contributed by atoms with Crippen molar-refractivity contribution >= 4 is 34.8 Å². The molecule has 1 aromatic carbocycles. The number of rotatable bonds is 3. The van der Waals surface area contributed by atoms with Gasteiger partial charge in [0.05, 0.1) is 5.88 Å². The summed E-state index contributed by atoms with van der Waals surface area (Å²) >= 11 is 10.8. The van der Waals surface area contributed by atoms with E-state index in [-0.39, 0.29) is 5.88 Å². The number of halogens is 2. The zero-order valence-corrected chi connectivity index (χ0v) is 8.10. The topological polar surface area (TPSA) is 34.1 Å². The van der Waals surface area contributed by atoms with E-state index >= 15 is 0 Å². The van der Waals surface area contributed by atoms with Crippen LogP contribution in [0.2, 0.25) is 5.02 Å². The highest BCUT2D eigenvalue weighted by molar-refractivity contribution is 6.51. The van der Waals surface area contributed by atoms with Gasteiger partial charge in [0.15, 0.2) is 0 Å². The molecule has 2 nitrogen and oxygen atoms in total. The normalized spacial score (nSPS) is 9.69. The lowest BCUT2D eigenvalue weighted by Gasteiger charge is -1.96. The van der Waals surface area contributed by atoms with Crippen LogP contribution < -0.4 is 0 Å². The number of Topliss-reactive ketones (excluding diaryl/α,β-unsaturated/α-hetero) is 2. The predicted octanol–water partition coefficient (Wildman–Crippen LogP) is 2.33. The fraction of sp³-hybridized carbons (Fsp3) is 0.111. The molecule has 0 aliphatic heterocycles. The van der Waals surface area contributed by atoms with Crippen LogP contribution in [0, 0.1) is 0 Å². The number of carbonyl (C=O) groups is 2. The molecule has 0 unspecified atom stereocenters. The standard InChI is InChI=1S/C9H6Cl2O2/c10-5-8(12)9(13)6-1-3-7(11)4-2-6/h1-4H,5H2. The van der Waals surface area contributed by atoms with Crippen LogP contribution in [0.3, 0.4) is 0 Å². The average Bonchev–Trinajstić information content (AvgIpc) is 2.17. The number of hydrogen-bond acceptors (Lipinski definition) is 2. The van der Waals surface area contributed by atoms with Crippen molar-refractivity contribution in [3.05, 3.63) is 34.9 Å². The van der Waals surface area contributed by atoms with Crippen molar-refractivity contribution in [1.82, 2.24) is 0 Å². The second kappa shape index (κ2) is 4.40. The number of benzene rings is 1. The van der Waals surface area contributed by atoms with Crippen LogP contribution in [-0.2, 0) is 4.79 Å². The highest BCUT2D eigenvalue weighted by atomic mass is 35.5. The zero-order chi connectivity index (χ0) is 9.84. The zero-order valence-electron chi connectivity index (χ0n) is 6.59. The molecule has 0 aliphatic rings. The Morgan fingerprint density at radius 2 is 1.69 bits per heavy atom. The Morgan fingerprint density at radius 3 is 2.15 bits per heavy atom. The van der Waals surface area contributed by atoms with Crippen molar-refractivity contribution in [3.8, 4) is 0 Å². The molecule has 0 aliphatic carbocycles. The van der Waals surface area contributed by atoms with E-state index < -0.39 is 11.6 Å². The van der Waals surface area contributed by atoms with Crippen molar-refractivity contribution in [2.24, 2.45) is 0 Å². The Balaban J connectivity index is 2.90. The molecule has 0 fully saturated rings. The fourth-order valence-corrected chi connectivity index (χ4v) is 1.07. The van der Waals surface area contributed by atoms with Crippen molar-refractivity contribution in [3.63, 3.8) is 0 Å². The molecule has 0 heterocycles. The van der Waals surface area contributed by atoms with Gasteiger partial charge < -0.3 is 0 Å². The SMILES string of the molecule is O=C(CCl)C(=O)c1ccc(Cl)cc1. The first-order valence-corrected chi connectivity index (χ1v) is 4.45. The summed E-state index contributed by atoms with van der Waals surface area (Å²) in [5, 5.41) is 0.523. The third-order valence-corrected chi connectivity index (χ3v) is 1.98. The smallest absolute Gasteiger partial charge is 0.229 e. The van der Waals surface area contributed by atoms with E-state index in [0.29, 0.717) is 10.6 Å². The maximum absolute atomic E-state index is 11.2. The highest BCUT2D eigenvalue weighted by Crippen LogP contribution is 2.10. The molecule has 4 heteroatoms. The Hall–Kier alpha value is -0.860. The molecule has 0 N–H and O–H groups in total. The molecule has 1 rings (SSSR count). The maximum Gasteiger partial charge on any atom is 0.229 e. The molecular formula is C9H6Cl2O2. The van der Waals surface area contributed by atoms with E-state index in [1.807, 2.05) is 0 Å². The molecule has 0 bridgehead atoms. The third kappa shape index (κ3) is 2.54. The van der Waals surface area contributed by atoms with Gasteiger partial charge >= 0.3 is 0 Å². The lowest BCUT2D eigenvalue weighted by atomic mass is 10.1. The van der Waals surface area contributed by atoms with Gasteiger partial charge in [0.25, 0.3) is 0 Å². The molecule has 0 saturated carbocycles. The quantitative estimate of drug-likeness (QED) is 0.442. The number of alkyl halides is 1. The second-order valence-corrected chi connectivity index (χ2v) is 3.10. The predicted molar refractivity (Wildman–Crippen MR) is 51.5 cm³/mol. The van der Waals surface area contributed by atoms with E-state index in [2.05, 4.69) is 0 Å². The number of carbonyl (C=O) groups excluding carboxylic acids is 2. The molecule has 0 amide bonds. The Kier molecular flexibility index (Phi) is 3.46. The lowest BCUT2D eigenvalue weighted by molar-refractivity contribution is -0.112. The summed E-state index contributed by atoms with van der Waals surface area (Å²) in [6.07, 6.45) is 0. The van der Waals surface area contributed by atoms with E-state index in [0.717, 1.165) is 0 Å². The second-order valence-electron chi connectivity index (χ2n) is 2.39. The van der Waals surface area contributed by atoms with E-state index in [4.69, 9.17) is 23.2 Å². The molecule has 0 aromatic heterocycles. The van der Waals surface area contributed by atoms with Gasteiger partial charge in [-0.05, 0) is 24.3 Å². The van der Waals surface area contributed by atoms with Crippen LogP contribution in [0.4, 0.5) is 0 Å². The first-order chi connectivity index (χ1) is 6.15. The summed E-state index contributed by atoms with van der Waals surface area (Å²) in [6, 6.07) is 6.09. The average molecular weight is 217 g/mol. The minimum atomic E-state index is -0.607. The minimum absolute atomic E-state index is 0.290. The van der Waals surface area contributed by atoms with Crippen molar-refractivity contribution in [2.45, 2.75) is 0 Å². The van der Waals surface area contributed by atoms with Crippen molar-refractivity contribution < 1.29 is 9.59 Å². The Morgan fingerprint density at radius 1 is 1.15 bits per heavy atom. The summed E-state index contributed by atoms with van der Waals surface area (Å²) in [5.41, 5.74) is 0.315. The number of ketones is 2. The highest BCUT2D eigenvalue weighted by Gasteiger charge is 2.13. The first-order valence-electron chi connectivity index (χ1n) is 3.54. The van der Waals surface area contributed by atoms with Gasteiger partial charge in [0.2, 0.25) is 11.6 Å². The molecule has 0 radical (unpaired) electrons. The van der Waals surface area contributed by atoms with Crippen LogP contribution in [0.1, 0.15) is 10.4 Å². The van der Waals surface area contributed by atoms with Gasteiger partial charge in [-0.1, -0.05) is 11.6 Å². The van der Waals surface area contributed by atoms with Gasteiger partial charge in [-0.25, -0.2) is 0 Å². The fourth-order valence-electron chi connectivity index (χ4n) is 0.823. The van der Waals surface area contributed by atoms with Crippen LogP contribution in [0.5, 0.6) is 0 Å². The van der Waals surface area contributed by atoms with Crippen molar-refractivity contribution in [2.75, 3.05) is 5.88 Å². The lowest BCUT2D eigenvalue weighted by Crippen LogP contribution is -2.14. The summed E-state index contributed by atoms with van der Waals surface area (Å²) < 4.78 is 0. The maximum atomic E-state index is 11.2. The summed E-state index contributed by atoms with van der Waals surface area (Å²) in [5.74, 6) is -1.47. The molecule has 0 spiro atoms. The number of hydrogen-bond donors (Lipinski definition) is 0. The molecular weight excluding hydrogens is 211 g/mol. The van der Waals surface area contributed by atoms with Crippen LogP contribution in [0.15, 0.2) is 24.3 Å². The van der Waals surface area contributed by atoms with Gasteiger partial charge in [0.1, 0.15) is 0 Å². The Labute approximate surface area is 85.5 Å². The van der Waals surface area contributed by atoms with Crippen LogP contribution in [-0.4, -0.2) is 17.4 Å². The monoisotopic (exact) mass is 216 g/mol. The van der Waals surface area contributed by atoms with Crippen LogP contribution >= 0.6 is 23.2 Å². The molecule has 68 valence electrons. The minimum Gasteiger partial charge on any atom is -0.289 e. The molecule has 1 aromatic rings. The van der Waals surface area contributed by atoms with Gasteiger partial charge in [-0.15, -0.1) is 11.6 Å². The van der Waals surface area contributed by atoms with E-state index in [1.54, 1.807) is 12.1 Å². The van der Waals surface area contributed by atoms with Gasteiger partial charge in [0, 0.05) is 10.6 Å². The summed E-state index contributed by atoms with van der Waals surface area (Å²) in [7, 11) is 0. The van der Waals surface area contributed by atoms with E-state index in [1.165, 1.54) is 12.1 Å². The van der Waals surface area contributed by atoms with Crippen LogP contribution in [0.25, 0.3) is 0 Å². The molecule has 13 heavy (non-hydrogen) atoms. The summed E-state index contributed by atoms with van der Waals surface area (Å²) in [4.78, 5) is 22.1. The molecule has 0 saturated heterocycles. The van der Waals surface area contributed by atoms with Gasteiger partial charge in [-0.3, -0.25) is 9.59 Å². The Bertz CT molecular complexity index is 330. The van der Waals surface area contributed by atoms with Gasteiger partial charge in [-0.2, -0.15) is 0 Å². The van der Waals surface area contributed by atoms with E-state index in [9.17, 15) is 9.59 Å². The van der Waals surface area contributed by atoms with Crippen molar-refractivity contribution in [1.29, 1.82) is 0 Å². The largest absolute Gasteiger partial charge is 0.289 e.